The van der Waals surface area contributed by atoms with Crippen molar-refractivity contribution >= 4 is 34.4 Å². The van der Waals surface area contributed by atoms with E-state index >= 15 is 0 Å². The molecule has 1 amide bonds. The van der Waals surface area contributed by atoms with E-state index < -0.39 is 17.7 Å². The van der Waals surface area contributed by atoms with Crippen LogP contribution in [0.5, 0.6) is 5.75 Å². The van der Waals surface area contributed by atoms with Crippen LogP contribution < -0.4 is 9.64 Å². The van der Waals surface area contributed by atoms with Crippen molar-refractivity contribution in [2.45, 2.75) is 19.9 Å². The molecule has 3 aromatic carbocycles. The fourth-order valence-corrected chi connectivity index (χ4v) is 4.43. The van der Waals surface area contributed by atoms with Crippen LogP contribution in [0.25, 0.3) is 16.8 Å². The molecule has 7 nitrogen and oxygen atoms in total. The Labute approximate surface area is 196 Å². The van der Waals surface area contributed by atoms with Gasteiger partial charge in [0.2, 0.25) is 5.95 Å². The number of fused-ring (bicyclic) bond motifs is 1. The van der Waals surface area contributed by atoms with Crippen LogP contribution in [0.4, 0.5) is 5.95 Å². The Morgan fingerprint density at radius 3 is 2.53 bits per heavy atom. The van der Waals surface area contributed by atoms with Gasteiger partial charge in [-0.15, -0.1) is 0 Å². The molecule has 1 atom stereocenters. The molecule has 0 bridgehead atoms. The number of aliphatic hydroxyl groups is 1. The standard InChI is InChI=1S/C27H23N3O4/c1-15-7-6-8-17(13-15)23-22(24(31)19-12-11-18(34-3)14-16(19)2)25(32)26(33)30(23)27-28-20-9-4-5-10-21(20)29-27/h4-14,23,31H,1-3H3,(H,28,29)/b24-22+. The smallest absolute Gasteiger partial charge is 0.302 e. The Morgan fingerprint density at radius 1 is 1.03 bits per heavy atom. The summed E-state index contributed by atoms with van der Waals surface area (Å²) in [6.45, 7) is 3.75. The Bertz CT molecular complexity index is 1450. The summed E-state index contributed by atoms with van der Waals surface area (Å²) in [6, 6.07) is 19.3. The number of amides is 1. The summed E-state index contributed by atoms with van der Waals surface area (Å²) in [5, 5.41) is 11.4. The molecule has 1 aliphatic rings. The highest BCUT2D eigenvalue weighted by Crippen LogP contribution is 2.42. The number of hydrogen-bond acceptors (Lipinski definition) is 5. The Balaban J connectivity index is 1.74. The number of imidazole rings is 1. The number of benzene rings is 3. The number of anilines is 1. The molecule has 2 N–H and O–H groups in total. The van der Waals surface area contributed by atoms with E-state index in [1.54, 1.807) is 25.3 Å². The number of hydrogen-bond donors (Lipinski definition) is 2. The summed E-state index contributed by atoms with van der Waals surface area (Å²) in [5.74, 6) is -0.867. The Morgan fingerprint density at radius 2 is 1.82 bits per heavy atom. The van der Waals surface area contributed by atoms with Crippen molar-refractivity contribution in [2.24, 2.45) is 0 Å². The zero-order valence-electron chi connectivity index (χ0n) is 19.0. The van der Waals surface area contributed by atoms with Gasteiger partial charge in [0.25, 0.3) is 5.78 Å². The minimum atomic E-state index is -0.845. The molecule has 1 saturated heterocycles. The number of nitrogens with zero attached hydrogens (tertiary/aromatic N) is 2. The first-order valence-electron chi connectivity index (χ1n) is 10.9. The van der Waals surface area contributed by atoms with Crippen molar-refractivity contribution in [3.63, 3.8) is 0 Å². The molecule has 7 heteroatoms. The van der Waals surface area contributed by atoms with Crippen LogP contribution in [0.2, 0.25) is 0 Å². The van der Waals surface area contributed by atoms with Crippen LogP contribution in [0, 0.1) is 13.8 Å². The lowest BCUT2D eigenvalue weighted by Gasteiger charge is -2.23. The average molecular weight is 453 g/mol. The first kappa shape index (κ1) is 21.5. The molecule has 1 unspecified atom stereocenters. The second kappa shape index (κ2) is 8.19. The van der Waals surface area contributed by atoms with Gasteiger partial charge in [0.05, 0.1) is 29.8 Å². The molecule has 170 valence electrons. The van der Waals surface area contributed by atoms with Gasteiger partial charge in [-0.2, -0.15) is 0 Å². The van der Waals surface area contributed by atoms with E-state index in [0.717, 1.165) is 16.6 Å². The minimum absolute atomic E-state index is 0.0179. The van der Waals surface area contributed by atoms with Gasteiger partial charge in [-0.25, -0.2) is 4.98 Å². The molecule has 0 saturated carbocycles. The van der Waals surface area contributed by atoms with E-state index in [2.05, 4.69) is 9.97 Å². The number of carbonyl (C=O) groups is 2. The molecule has 0 spiro atoms. The lowest BCUT2D eigenvalue weighted by molar-refractivity contribution is -0.132. The zero-order valence-corrected chi connectivity index (χ0v) is 19.0. The third-order valence-electron chi connectivity index (χ3n) is 6.10. The number of H-pyrrole nitrogens is 1. The van der Waals surface area contributed by atoms with Gasteiger partial charge in [-0.1, -0.05) is 42.0 Å². The fraction of sp³-hybridized carbons (Fsp3) is 0.148. The lowest BCUT2D eigenvalue weighted by atomic mass is 9.93. The first-order chi connectivity index (χ1) is 16.4. The topological polar surface area (TPSA) is 95.5 Å². The molecule has 0 aliphatic carbocycles. The van der Waals surface area contributed by atoms with Crippen LogP contribution in [0.15, 0.2) is 72.3 Å². The molecule has 1 aliphatic heterocycles. The molecule has 5 rings (SSSR count). The van der Waals surface area contributed by atoms with E-state index in [1.165, 1.54) is 4.90 Å². The van der Waals surface area contributed by atoms with E-state index in [-0.39, 0.29) is 17.3 Å². The Kier molecular flexibility index (Phi) is 5.17. The first-order valence-corrected chi connectivity index (χ1v) is 10.9. The van der Waals surface area contributed by atoms with Crippen molar-refractivity contribution < 1.29 is 19.4 Å². The van der Waals surface area contributed by atoms with E-state index in [4.69, 9.17) is 4.74 Å². The summed E-state index contributed by atoms with van der Waals surface area (Å²) in [5.41, 5.74) is 4.28. The highest BCUT2D eigenvalue weighted by Gasteiger charge is 2.48. The van der Waals surface area contributed by atoms with Crippen LogP contribution in [-0.2, 0) is 9.59 Å². The van der Waals surface area contributed by atoms with Gasteiger partial charge in [0, 0.05) is 5.56 Å². The number of ether oxygens (including phenoxy) is 1. The second-order valence-corrected chi connectivity index (χ2v) is 8.34. The molecular weight excluding hydrogens is 430 g/mol. The second-order valence-electron chi connectivity index (χ2n) is 8.34. The maximum Gasteiger partial charge on any atom is 0.302 e. The molecule has 2 heterocycles. The number of nitrogens with one attached hydrogen (secondary N) is 1. The van der Waals surface area contributed by atoms with Crippen LogP contribution in [-0.4, -0.2) is 33.9 Å². The number of aromatic nitrogens is 2. The van der Waals surface area contributed by atoms with Crippen LogP contribution >= 0.6 is 0 Å². The van der Waals surface area contributed by atoms with Crippen LogP contribution in [0.3, 0.4) is 0 Å². The molecule has 34 heavy (non-hydrogen) atoms. The van der Waals surface area contributed by atoms with Crippen molar-refractivity contribution in [3.05, 3.63) is 94.6 Å². The third kappa shape index (κ3) is 3.42. The molecule has 0 radical (unpaired) electrons. The third-order valence-corrected chi connectivity index (χ3v) is 6.10. The van der Waals surface area contributed by atoms with Crippen molar-refractivity contribution in [1.29, 1.82) is 0 Å². The lowest BCUT2D eigenvalue weighted by Crippen LogP contribution is -2.30. The SMILES string of the molecule is COc1ccc(/C(O)=C2\C(=O)C(=O)N(c3nc4ccccc4[nH]3)C2c2cccc(C)c2)c(C)c1. The number of aromatic amines is 1. The highest BCUT2D eigenvalue weighted by molar-refractivity contribution is 6.51. The minimum Gasteiger partial charge on any atom is -0.507 e. The number of ketones is 1. The predicted molar refractivity (Wildman–Crippen MR) is 130 cm³/mol. The number of para-hydroxylation sites is 2. The molecule has 1 aromatic heterocycles. The molecule has 4 aromatic rings. The summed E-state index contributed by atoms with van der Waals surface area (Å²) in [4.78, 5) is 35.7. The van der Waals surface area contributed by atoms with Gasteiger partial charge >= 0.3 is 5.91 Å². The number of aliphatic hydroxyl groups excluding tert-OH is 1. The number of rotatable bonds is 4. The molecule has 1 fully saturated rings. The fourth-order valence-electron chi connectivity index (χ4n) is 4.43. The van der Waals surface area contributed by atoms with Crippen molar-refractivity contribution in [1.82, 2.24) is 9.97 Å². The normalized spacial score (nSPS) is 17.5. The maximum absolute atomic E-state index is 13.3. The van der Waals surface area contributed by atoms with Gasteiger partial charge in [0.1, 0.15) is 11.5 Å². The maximum atomic E-state index is 13.3. The monoisotopic (exact) mass is 453 g/mol. The summed E-state index contributed by atoms with van der Waals surface area (Å²) < 4.78 is 5.26. The number of carbonyl (C=O) groups excluding carboxylic acids is 2. The van der Waals surface area contributed by atoms with E-state index in [0.29, 0.717) is 22.4 Å². The van der Waals surface area contributed by atoms with Gasteiger partial charge < -0.3 is 14.8 Å². The Hall–Kier alpha value is -4.39. The largest absolute Gasteiger partial charge is 0.507 e. The average Bonchev–Trinajstić information content (AvgIpc) is 3.37. The summed E-state index contributed by atoms with van der Waals surface area (Å²) in [7, 11) is 1.56. The van der Waals surface area contributed by atoms with Gasteiger partial charge in [-0.05, 0) is 55.3 Å². The summed E-state index contributed by atoms with van der Waals surface area (Å²) >= 11 is 0. The van der Waals surface area contributed by atoms with Crippen molar-refractivity contribution in [3.8, 4) is 5.75 Å². The number of Topliss-reactive ketones (excluding diaryl/α,β-unsaturated/α-hetero) is 1. The van der Waals surface area contributed by atoms with Gasteiger partial charge in [0.15, 0.2) is 0 Å². The van der Waals surface area contributed by atoms with Crippen LogP contribution in [0.1, 0.15) is 28.3 Å². The number of methoxy groups -OCH3 is 1. The molecular formula is C27H23N3O4. The quantitative estimate of drug-likeness (QED) is 0.263. The summed E-state index contributed by atoms with van der Waals surface area (Å²) in [6.07, 6.45) is 0. The van der Waals surface area contributed by atoms with E-state index in [9.17, 15) is 14.7 Å². The van der Waals surface area contributed by atoms with E-state index in [1.807, 2.05) is 62.4 Å². The highest BCUT2D eigenvalue weighted by atomic mass is 16.5. The zero-order chi connectivity index (χ0) is 24.0. The predicted octanol–water partition coefficient (Wildman–Crippen LogP) is 4.81. The number of aryl methyl sites for hydroxylation is 2. The van der Waals surface area contributed by atoms with Crippen molar-refractivity contribution in [2.75, 3.05) is 12.0 Å². The van der Waals surface area contributed by atoms with Gasteiger partial charge in [-0.3, -0.25) is 14.5 Å².